The van der Waals surface area contributed by atoms with Gasteiger partial charge in [0.15, 0.2) is 0 Å². The number of likely N-dealkylation sites (tertiary alicyclic amines) is 1. The summed E-state index contributed by atoms with van der Waals surface area (Å²) in [6, 6.07) is 8.49. The lowest BCUT2D eigenvalue weighted by Crippen LogP contribution is -2.51. The van der Waals surface area contributed by atoms with E-state index in [9.17, 15) is 4.79 Å². The first-order valence-electron chi connectivity index (χ1n) is 8.62. The average Bonchev–Trinajstić information content (AvgIpc) is 2.65. The van der Waals surface area contributed by atoms with Crippen molar-refractivity contribution >= 4 is 29.1 Å². The van der Waals surface area contributed by atoms with Crippen LogP contribution in [0.5, 0.6) is 11.6 Å². The number of carbonyl (C=O) groups excluding carboxylic acids is 1. The molecule has 0 radical (unpaired) electrons. The summed E-state index contributed by atoms with van der Waals surface area (Å²) in [7, 11) is 0. The number of aromatic nitrogens is 1. The van der Waals surface area contributed by atoms with Crippen molar-refractivity contribution in [2.24, 2.45) is 5.73 Å². The zero-order valence-corrected chi connectivity index (χ0v) is 16.0. The maximum absolute atomic E-state index is 12.8. The van der Waals surface area contributed by atoms with Gasteiger partial charge in [0.05, 0.1) is 10.6 Å². The second kappa shape index (κ2) is 8.25. The van der Waals surface area contributed by atoms with E-state index >= 15 is 0 Å². The maximum Gasteiger partial charge on any atom is 0.255 e. The van der Waals surface area contributed by atoms with Crippen LogP contribution in [-0.2, 0) is 0 Å². The second-order valence-electron chi connectivity index (χ2n) is 6.46. The first kappa shape index (κ1) is 19.0. The van der Waals surface area contributed by atoms with E-state index in [1.165, 1.54) is 6.20 Å². The number of benzene rings is 1. The minimum atomic E-state index is -0.0558. The molecule has 1 saturated heterocycles. The van der Waals surface area contributed by atoms with Crippen LogP contribution in [0.1, 0.15) is 36.5 Å². The van der Waals surface area contributed by atoms with E-state index in [0.717, 1.165) is 25.8 Å². The fourth-order valence-electron chi connectivity index (χ4n) is 3.16. The number of hydrogen-bond donors (Lipinski definition) is 1. The Hall–Kier alpha value is -1.82. The normalized spacial score (nSPS) is 18.5. The summed E-state index contributed by atoms with van der Waals surface area (Å²) in [5.41, 5.74) is 6.57. The first-order chi connectivity index (χ1) is 12.5. The van der Waals surface area contributed by atoms with Crippen LogP contribution in [0.2, 0.25) is 10.0 Å². The van der Waals surface area contributed by atoms with Crippen LogP contribution in [0.3, 0.4) is 0 Å². The average molecular weight is 394 g/mol. The Kier molecular flexibility index (Phi) is 6.01. The largest absolute Gasteiger partial charge is 0.437 e. The molecule has 5 nitrogen and oxygen atoms in total. The summed E-state index contributed by atoms with van der Waals surface area (Å²) in [5.74, 6) is 0.707. The van der Waals surface area contributed by atoms with Crippen molar-refractivity contribution in [2.45, 2.75) is 38.3 Å². The van der Waals surface area contributed by atoms with Gasteiger partial charge in [-0.2, -0.15) is 0 Å². The Morgan fingerprint density at radius 3 is 2.81 bits per heavy atom. The van der Waals surface area contributed by atoms with Gasteiger partial charge in [0.25, 0.3) is 5.91 Å². The molecule has 1 aromatic heterocycles. The Bertz CT molecular complexity index is 781. The maximum atomic E-state index is 12.8. The molecule has 1 amide bonds. The Morgan fingerprint density at radius 1 is 1.31 bits per heavy atom. The lowest BCUT2D eigenvalue weighted by molar-refractivity contribution is 0.0583. The summed E-state index contributed by atoms with van der Waals surface area (Å²) in [4.78, 5) is 18.9. The van der Waals surface area contributed by atoms with Gasteiger partial charge in [-0.25, -0.2) is 4.98 Å². The molecule has 1 fully saturated rings. The van der Waals surface area contributed by atoms with Gasteiger partial charge >= 0.3 is 0 Å². The number of piperidine rings is 1. The third kappa shape index (κ3) is 4.11. The Balaban J connectivity index is 1.74. The lowest BCUT2D eigenvalue weighted by atomic mass is 9.96. The molecule has 2 atom stereocenters. The van der Waals surface area contributed by atoms with Crippen molar-refractivity contribution < 1.29 is 9.53 Å². The molecule has 0 bridgehead atoms. The molecule has 3 rings (SSSR count). The van der Waals surface area contributed by atoms with E-state index in [-0.39, 0.29) is 18.0 Å². The molecule has 0 aliphatic carbocycles. The van der Waals surface area contributed by atoms with Crippen molar-refractivity contribution in [3.63, 3.8) is 0 Å². The molecule has 138 valence electrons. The molecule has 2 unspecified atom stereocenters. The third-order valence-electron chi connectivity index (χ3n) is 4.53. The van der Waals surface area contributed by atoms with E-state index < -0.39 is 0 Å². The lowest BCUT2D eigenvalue weighted by Gasteiger charge is -2.38. The number of carbonyl (C=O) groups is 1. The molecule has 2 aromatic rings. The first-order valence-corrected chi connectivity index (χ1v) is 9.37. The molecule has 0 saturated carbocycles. The van der Waals surface area contributed by atoms with Crippen LogP contribution in [0.15, 0.2) is 36.5 Å². The van der Waals surface area contributed by atoms with Gasteiger partial charge in [-0.05, 0) is 44.4 Å². The van der Waals surface area contributed by atoms with Crippen LogP contribution in [0.25, 0.3) is 0 Å². The number of nitrogens with two attached hydrogens (primary N) is 1. The van der Waals surface area contributed by atoms with Gasteiger partial charge in [0.1, 0.15) is 10.8 Å². The van der Waals surface area contributed by atoms with E-state index in [4.69, 9.17) is 33.7 Å². The quantitative estimate of drug-likeness (QED) is 0.828. The molecular formula is C19H21Cl2N3O2. The van der Waals surface area contributed by atoms with Gasteiger partial charge in [0, 0.05) is 30.9 Å². The monoisotopic (exact) mass is 393 g/mol. The smallest absolute Gasteiger partial charge is 0.255 e. The van der Waals surface area contributed by atoms with E-state index in [0.29, 0.717) is 27.2 Å². The van der Waals surface area contributed by atoms with Crippen molar-refractivity contribution in [3.8, 4) is 11.6 Å². The van der Waals surface area contributed by atoms with Crippen LogP contribution in [0.4, 0.5) is 0 Å². The zero-order valence-electron chi connectivity index (χ0n) is 14.5. The minimum Gasteiger partial charge on any atom is -0.437 e. The summed E-state index contributed by atoms with van der Waals surface area (Å²) >= 11 is 12.1. The molecular weight excluding hydrogens is 373 g/mol. The van der Waals surface area contributed by atoms with Gasteiger partial charge in [-0.1, -0.05) is 29.3 Å². The number of nitrogens with zero attached hydrogens (tertiary/aromatic N) is 2. The van der Waals surface area contributed by atoms with Gasteiger partial charge in [-0.15, -0.1) is 0 Å². The van der Waals surface area contributed by atoms with Crippen LogP contribution in [0, 0.1) is 0 Å². The topological polar surface area (TPSA) is 68.5 Å². The van der Waals surface area contributed by atoms with Crippen molar-refractivity contribution in [3.05, 3.63) is 52.1 Å². The molecule has 0 spiro atoms. The number of rotatable bonds is 4. The predicted molar refractivity (Wildman–Crippen MR) is 103 cm³/mol. The fraction of sp³-hybridized carbons (Fsp3) is 0.368. The third-order valence-corrected chi connectivity index (χ3v) is 5.33. The molecule has 1 aromatic carbocycles. The summed E-state index contributed by atoms with van der Waals surface area (Å²) in [6.45, 7) is 2.67. The Labute approximate surface area is 163 Å². The zero-order chi connectivity index (χ0) is 18.7. The van der Waals surface area contributed by atoms with Crippen LogP contribution >= 0.6 is 23.2 Å². The van der Waals surface area contributed by atoms with Gasteiger partial charge < -0.3 is 15.4 Å². The molecule has 26 heavy (non-hydrogen) atoms. The van der Waals surface area contributed by atoms with Gasteiger partial charge in [-0.3, -0.25) is 4.79 Å². The van der Waals surface area contributed by atoms with Crippen molar-refractivity contribution in [1.82, 2.24) is 9.88 Å². The van der Waals surface area contributed by atoms with E-state index in [1.807, 2.05) is 11.8 Å². The van der Waals surface area contributed by atoms with E-state index in [2.05, 4.69) is 4.98 Å². The highest BCUT2D eigenvalue weighted by molar-refractivity contribution is 6.42. The SMILES string of the molecule is CC(N)C1CCCCN1C(=O)c1ccc(Oc2cccc(Cl)c2Cl)nc1. The molecule has 1 aliphatic rings. The standard InChI is InChI=1S/C19H21Cl2N3O2/c1-12(22)15-6-2-3-10-24(15)19(25)13-8-9-17(23-11-13)26-16-7-4-5-14(20)18(16)21/h4-5,7-9,11-12,15H,2-3,6,10,22H2,1H3. The summed E-state index contributed by atoms with van der Waals surface area (Å²) in [6.07, 6.45) is 4.55. The summed E-state index contributed by atoms with van der Waals surface area (Å²) < 4.78 is 5.66. The predicted octanol–water partition coefficient (Wildman–Crippen LogP) is 4.52. The number of hydrogen-bond acceptors (Lipinski definition) is 4. The summed E-state index contributed by atoms with van der Waals surface area (Å²) in [5, 5.41) is 0.729. The molecule has 7 heteroatoms. The van der Waals surface area contributed by atoms with E-state index in [1.54, 1.807) is 30.3 Å². The highest BCUT2D eigenvalue weighted by atomic mass is 35.5. The van der Waals surface area contributed by atoms with Gasteiger partial charge in [0.2, 0.25) is 5.88 Å². The van der Waals surface area contributed by atoms with Crippen LogP contribution in [-0.4, -0.2) is 34.4 Å². The second-order valence-corrected chi connectivity index (χ2v) is 7.25. The Morgan fingerprint density at radius 2 is 2.12 bits per heavy atom. The minimum absolute atomic E-state index is 0.0492. The van der Waals surface area contributed by atoms with Crippen LogP contribution < -0.4 is 10.5 Å². The fourth-order valence-corrected chi connectivity index (χ4v) is 3.50. The number of amides is 1. The van der Waals surface area contributed by atoms with Crippen molar-refractivity contribution in [1.29, 1.82) is 0 Å². The number of pyridine rings is 1. The number of halogens is 2. The highest BCUT2D eigenvalue weighted by Gasteiger charge is 2.29. The van der Waals surface area contributed by atoms with Crippen molar-refractivity contribution in [2.75, 3.05) is 6.54 Å². The molecule has 2 heterocycles. The highest BCUT2D eigenvalue weighted by Crippen LogP contribution is 2.34. The molecule has 1 aliphatic heterocycles. The number of ether oxygens (including phenoxy) is 1. The molecule has 2 N–H and O–H groups in total.